The molecule has 3 rings (SSSR count). The molecule has 0 nitrogen and oxygen atoms in total. The van der Waals surface area contributed by atoms with Crippen LogP contribution in [0.15, 0.2) is 79.4 Å². The predicted molar refractivity (Wildman–Crippen MR) is 130 cm³/mol. The number of hydrogen-bond donors (Lipinski definition) is 0. The van der Waals surface area contributed by atoms with Crippen LogP contribution in [0, 0.1) is 5.41 Å². The molecule has 0 fully saturated rings. The van der Waals surface area contributed by atoms with E-state index >= 15 is 0 Å². The van der Waals surface area contributed by atoms with Crippen LogP contribution in [0.1, 0.15) is 63.6 Å². The van der Waals surface area contributed by atoms with Crippen LogP contribution in [0.25, 0.3) is 22.3 Å². The molecule has 0 heteroatoms. The Labute approximate surface area is 177 Å². The molecule has 0 unspecified atom stereocenters. The fourth-order valence-electron chi connectivity index (χ4n) is 4.06. The maximum Gasteiger partial charge on any atom is -0.0128 e. The molecule has 0 heterocycles. The van der Waals surface area contributed by atoms with Crippen molar-refractivity contribution in [3.63, 3.8) is 0 Å². The van der Waals surface area contributed by atoms with Crippen molar-refractivity contribution in [2.24, 2.45) is 5.41 Å². The zero-order valence-corrected chi connectivity index (χ0v) is 18.5. The zero-order valence-electron chi connectivity index (χ0n) is 18.5. The minimum Gasteiger partial charge on any atom is -0.0990 e. The first-order valence-corrected chi connectivity index (χ1v) is 10.9. The summed E-state index contributed by atoms with van der Waals surface area (Å²) in [6.07, 6.45) is 15.4. The highest BCUT2D eigenvalue weighted by atomic mass is 14.3. The van der Waals surface area contributed by atoms with Crippen molar-refractivity contribution < 1.29 is 0 Å². The van der Waals surface area contributed by atoms with Gasteiger partial charge in [0.2, 0.25) is 0 Å². The van der Waals surface area contributed by atoms with Gasteiger partial charge in [0, 0.05) is 0 Å². The molecule has 2 aromatic rings. The zero-order chi connectivity index (χ0) is 20.9. The third-order valence-electron chi connectivity index (χ3n) is 5.60. The normalized spacial score (nSPS) is 15.9. The molecule has 0 radical (unpaired) electrons. The minimum atomic E-state index is 0.315. The van der Waals surface area contributed by atoms with E-state index in [0.29, 0.717) is 5.41 Å². The fourth-order valence-corrected chi connectivity index (χ4v) is 4.06. The third kappa shape index (κ3) is 5.26. The van der Waals surface area contributed by atoms with Crippen molar-refractivity contribution in [1.29, 1.82) is 0 Å². The monoisotopic (exact) mass is 382 g/mol. The summed E-state index contributed by atoms with van der Waals surface area (Å²) >= 11 is 0. The van der Waals surface area contributed by atoms with Crippen LogP contribution >= 0.6 is 0 Å². The second-order valence-electron chi connectivity index (χ2n) is 8.79. The van der Waals surface area contributed by atoms with Gasteiger partial charge in [0.1, 0.15) is 0 Å². The average molecular weight is 383 g/mol. The maximum atomic E-state index is 3.91. The van der Waals surface area contributed by atoms with E-state index in [4.69, 9.17) is 0 Å². The van der Waals surface area contributed by atoms with Crippen LogP contribution in [0.3, 0.4) is 0 Å². The van der Waals surface area contributed by atoms with Gasteiger partial charge in [-0.3, -0.25) is 0 Å². The van der Waals surface area contributed by atoms with Gasteiger partial charge in [-0.15, -0.1) is 0 Å². The van der Waals surface area contributed by atoms with Gasteiger partial charge in [-0.05, 0) is 88.8 Å². The number of allylic oxidation sites excluding steroid dienone is 7. The Morgan fingerprint density at radius 3 is 2.31 bits per heavy atom. The molecular formula is C29H34. The first kappa shape index (κ1) is 21.1. The lowest BCUT2D eigenvalue weighted by Gasteiger charge is -2.33. The van der Waals surface area contributed by atoms with Crippen molar-refractivity contribution in [3.05, 3.63) is 96.1 Å². The Balaban J connectivity index is 2.05. The lowest BCUT2D eigenvalue weighted by Crippen LogP contribution is -2.18. The summed E-state index contributed by atoms with van der Waals surface area (Å²) in [6, 6.07) is 16.1. The molecular weight excluding hydrogens is 348 g/mol. The molecule has 0 saturated carbocycles. The first-order valence-electron chi connectivity index (χ1n) is 10.9. The molecule has 29 heavy (non-hydrogen) atoms. The molecule has 0 aliphatic heterocycles. The molecule has 150 valence electrons. The topological polar surface area (TPSA) is 0 Å². The smallest absolute Gasteiger partial charge is 0.0128 e. The van der Waals surface area contributed by atoms with Crippen molar-refractivity contribution >= 4 is 11.1 Å². The van der Waals surface area contributed by atoms with E-state index in [9.17, 15) is 0 Å². The van der Waals surface area contributed by atoms with Gasteiger partial charge < -0.3 is 0 Å². The van der Waals surface area contributed by atoms with E-state index in [1.807, 2.05) is 6.08 Å². The van der Waals surface area contributed by atoms with Gasteiger partial charge in [0.05, 0.1) is 0 Å². The van der Waals surface area contributed by atoms with Crippen LogP contribution in [0.2, 0.25) is 0 Å². The van der Waals surface area contributed by atoms with Gasteiger partial charge in [-0.1, -0.05) is 88.4 Å². The van der Waals surface area contributed by atoms with Crippen LogP contribution < -0.4 is 0 Å². The van der Waals surface area contributed by atoms with E-state index in [1.54, 1.807) is 0 Å². The lowest BCUT2D eigenvalue weighted by atomic mass is 9.71. The van der Waals surface area contributed by atoms with Gasteiger partial charge in [-0.2, -0.15) is 0 Å². The molecule has 1 aliphatic rings. The highest BCUT2D eigenvalue weighted by molar-refractivity contribution is 5.84. The molecule has 1 aliphatic carbocycles. The quantitative estimate of drug-likeness (QED) is 0.401. The molecule has 0 N–H and O–H groups in total. The Morgan fingerprint density at radius 2 is 1.72 bits per heavy atom. The molecule has 0 amide bonds. The van der Waals surface area contributed by atoms with Gasteiger partial charge in [-0.25, -0.2) is 0 Å². The maximum absolute atomic E-state index is 3.91. The van der Waals surface area contributed by atoms with Crippen molar-refractivity contribution in [3.8, 4) is 11.1 Å². The standard InChI is InChI=1S/C29H34/c1-6-9-12-22-13-15-24(16-14-22)26-17-25(23(10-7-2)11-8-3)18-27(19-26)28-20-29(4,5)21-28/h7-8,10-11,13-20H,2,6,9,12,21H2,1,3-5H3/b11-8-,23-10+. The highest BCUT2D eigenvalue weighted by Crippen LogP contribution is 2.44. The highest BCUT2D eigenvalue weighted by Gasteiger charge is 2.27. The van der Waals surface area contributed by atoms with E-state index in [2.05, 4.69) is 101 Å². The Hall–Kier alpha value is -2.60. The SMILES string of the molecule is C=C/C=C(\C=C/C)c1cc(C2=CC(C)(C)C2)cc(-c2ccc(CCCC)cc2)c1. The third-order valence-corrected chi connectivity index (χ3v) is 5.60. The average Bonchev–Trinajstić information content (AvgIpc) is 2.70. The molecule has 0 saturated heterocycles. The molecule has 2 aromatic carbocycles. The summed E-state index contributed by atoms with van der Waals surface area (Å²) in [4.78, 5) is 0. The van der Waals surface area contributed by atoms with Crippen LogP contribution in [-0.4, -0.2) is 0 Å². The van der Waals surface area contributed by atoms with Gasteiger partial charge in [0.25, 0.3) is 0 Å². The molecule has 0 bridgehead atoms. The van der Waals surface area contributed by atoms with E-state index in [-0.39, 0.29) is 0 Å². The number of unbranched alkanes of at least 4 members (excludes halogenated alkanes) is 1. The van der Waals surface area contributed by atoms with Crippen molar-refractivity contribution in [1.82, 2.24) is 0 Å². The van der Waals surface area contributed by atoms with Crippen LogP contribution in [0.5, 0.6) is 0 Å². The summed E-state index contributed by atoms with van der Waals surface area (Å²) in [5, 5.41) is 0. The fraction of sp³-hybridized carbons (Fsp3) is 0.310. The van der Waals surface area contributed by atoms with Gasteiger partial charge in [0.15, 0.2) is 0 Å². The summed E-state index contributed by atoms with van der Waals surface area (Å²) in [7, 11) is 0. The predicted octanol–water partition coefficient (Wildman–Crippen LogP) is 8.66. The molecule has 0 aromatic heterocycles. The van der Waals surface area contributed by atoms with Gasteiger partial charge >= 0.3 is 0 Å². The first-order chi connectivity index (χ1) is 14.0. The second-order valence-corrected chi connectivity index (χ2v) is 8.79. The van der Waals surface area contributed by atoms with Crippen molar-refractivity contribution in [2.45, 2.75) is 53.4 Å². The number of rotatable bonds is 8. The lowest BCUT2D eigenvalue weighted by molar-refractivity contribution is 0.457. The number of hydrogen-bond acceptors (Lipinski definition) is 0. The second kappa shape index (κ2) is 9.27. The molecule has 0 spiro atoms. The number of benzene rings is 2. The summed E-state index contributed by atoms with van der Waals surface area (Å²) in [6.45, 7) is 12.8. The van der Waals surface area contributed by atoms with Crippen LogP contribution in [0.4, 0.5) is 0 Å². The van der Waals surface area contributed by atoms with Crippen LogP contribution in [-0.2, 0) is 6.42 Å². The Kier molecular flexibility index (Phi) is 6.75. The molecule has 0 atom stereocenters. The number of aryl methyl sites for hydroxylation is 1. The summed E-state index contributed by atoms with van der Waals surface area (Å²) in [5.41, 5.74) is 9.55. The summed E-state index contributed by atoms with van der Waals surface area (Å²) < 4.78 is 0. The largest absolute Gasteiger partial charge is 0.0990 e. The summed E-state index contributed by atoms with van der Waals surface area (Å²) in [5.74, 6) is 0. The van der Waals surface area contributed by atoms with E-state index in [0.717, 1.165) is 12.8 Å². The van der Waals surface area contributed by atoms with E-state index in [1.165, 1.54) is 51.8 Å². The van der Waals surface area contributed by atoms with E-state index < -0.39 is 0 Å². The van der Waals surface area contributed by atoms with Crippen molar-refractivity contribution in [2.75, 3.05) is 0 Å². The Bertz CT molecular complexity index is 946. The Morgan fingerprint density at radius 1 is 1.03 bits per heavy atom. The minimum absolute atomic E-state index is 0.315.